The van der Waals surface area contributed by atoms with Gasteiger partial charge in [0.15, 0.2) is 0 Å². The van der Waals surface area contributed by atoms with Crippen LogP contribution in [0.5, 0.6) is 5.75 Å². The lowest BCUT2D eigenvalue weighted by molar-refractivity contribution is -0.131. The van der Waals surface area contributed by atoms with Gasteiger partial charge in [0, 0.05) is 31.7 Å². The van der Waals surface area contributed by atoms with E-state index >= 15 is 0 Å². The number of hydrogen-bond acceptors (Lipinski definition) is 5. The maximum atomic E-state index is 12.9. The van der Waals surface area contributed by atoms with Gasteiger partial charge in [0.25, 0.3) is 0 Å². The van der Waals surface area contributed by atoms with E-state index in [2.05, 4.69) is 0 Å². The van der Waals surface area contributed by atoms with Crippen molar-refractivity contribution in [1.29, 1.82) is 5.26 Å². The Morgan fingerprint density at radius 2 is 1.71 bits per heavy atom. The van der Waals surface area contributed by atoms with Crippen LogP contribution in [0.4, 0.5) is 0 Å². The number of rotatable bonds is 5. The van der Waals surface area contributed by atoms with Crippen molar-refractivity contribution in [1.82, 2.24) is 9.21 Å². The second-order valence-corrected chi connectivity index (χ2v) is 8.29. The first-order valence-electron chi connectivity index (χ1n) is 8.86. The van der Waals surface area contributed by atoms with E-state index in [9.17, 15) is 18.5 Å². The van der Waals surface area contributed by atoms with Crippen LogP contribution >= 0.6 is 0 Å². The first-order chi connectivity index (χ1) is 13.5. The smallest absolute Gasteiger partial charge is 0.244 e. The number of methoxy groups -OCH3 is 1. The van der Waals surface area contributed by atoms with E-state index in [1.54, 1.807) is 30.2 Å². The number of ether oxygens (including phenoxy) is 1. The molecule has 2 aromatic rings. The van der Waals surface area contributed by atoms with Crippen molar-refractivity contribution in [2.24, 2.45) is 0 Å². The zero-order valence-electron chi connectivity index (χ0n) is 15.5. The Morgan fingerprint density at radius 3 is 2.39 bits per heavy atom. The second kappa shape index (κ2) is 8.42. The number of carbonyl (C=O) groups excluding carboxylic acids is 1. The third-order valence-electron chi connectivity index (χ3n) is 4.75. The average molecular weight is 399 g/mol. The van der Waals surface area contributed by atoms with Gasteiger partial charge in [0.2, 0.25) is 15.9 Å². The van der Waals surface area contributed by atoms with Crippen molar-refractivity contribution < 1.29 is 17.9 Å². The zero-order chi connectivity index (χ0) is 20.1. The van der Waals surface area contributed by atoms with Gasteiger partial charge in [0.05, 0.1) is 24.0 Å². The maximum absolute atomic E-state index is 12.9. The molecule has 0 radical (unpaired) electrons. The number of hydrogen-bond donors (Lipinski definition) is 0. The average Bonchev–Trinajstić information content (AvgIpc) is 2.74. The van der Waals surface area contributed by atoms with E-state index in [1.807, 2.05) is 24.3 Å². The van der Waals surface area contributed by atoms with Crippen LogP contribution in [0.15, 0.2) is 53.4 Å². The Morgan fingerprint density at radius 1 is 1.07 bits per heavy atom. The molecule has 0 saturated carbocycles. The minimum atomic E-state index is -3.77. The van der Waals surface area contributed by atoms with Crippen LogP contribution in [0, 0.1) is 11.3 Å². The Bertz CT molecular complexity index is 1010. The first kappa shape index (κ1) is 19.9. The second-order valence-electron chi connectivity index (χ2n) is 6.38. The third kappa shape index (κ3) is 4.01. The summed E-state index contributed by atoms with van der Waals surface area (Å²) >= 11 is 0. The Kier molecular flexibility index (Phi) is 5.97. The van der Waals surface area contributed by atoms with Gasteiger partial charge in [-0.1, -0.05) is 30.3 Å². The molecular weight excluding hydrogens is 378 g/mol. The fraction of sp³-hybridized carbons (Fsp3) is 0.300. The number of benzene rings is 2. The number of carbonyl (C=O) groups is 1. The van der Waals surface area contributed by atoms with E-state index in [0.29, 0.717) is 18.8 Å². The number of nitrogens with zero attached hydrogens (tertiary/aromatic N) is 3. The summed E-state index contributed by atoms with van der Waals surface area (Å²) in [6.45, 7) is 1.00. The van der Waals surface area contributed by atoms with Gasteiger partial charge in [-0.2, -0.15) is 9.57 Å². The van der Waals surface area contributed by atoms with Crippen LogP contribution in [0.25, 0.3) is 0 Å². The predicted molar refractivity (Wildman–Crippen MR) is 103 cm³/mol. The highest BCUT2D eigenvalue weighted by molar-refractivity contribution is 7.89. The fourth-order valence-electron chi connectivity index (χ4n) is 3.22. The summed E-state index contributed by atoms with van der Waals surface area (Å²) in [6, 6.07) is 15.4. The summed E-state index contributed by atoms with van der Waals surface area (Å²) in [5, 5.41) is 9.18. The molecular formula is C20H21N3O4S. The van der Waals surface area contributed by atoms with E-state index in [-0.39, 0.29) is 35.9 Å². The quantitative estimate of drug-likeness (QED) is 0.762. The lowest BCUT2D eigenvalue weighted by atomic mass is 10.1. The molecule has 1 amide bonds. The molecule has 0 spiro atoms. The van der Waals surface area contributed by atoms with Gasteiger partial charge >= 0.3 is 0 Å². The van der Waals surface area contributed by atoms with Crippen LogP contribution in [0.2, 0.25) is 0 Å². The van der Waals surface area contributed by atoms with Crippen LogP contribution in [-0.4, -0.2) is 56.8 Å². The molecule has 0 aromatic heterocycles. The van der Waals surface area contributed by atoms with E-state index in [4.69, 9.17) is 4.74 Å². The zero-order valence-corrected chi connectivity index (χ0v) is 16.4. The summed E-state index contributed by atoms with van der Waals surface area (Å²) in [4.78, 5) is 14.3. The molecule has 7 nitrogen and oxygen atoms in total. The highest BCUT2D eigenvalue weighted by Gasteiger charge is 2.31. The predicted octanol–water partition coefficient (Wildman–Crippen LogP) is 1.64. The summed E-state index contributed by atoms with van der Waals surface area (Å²) < 4.78 is 32.4. The van der Waals surface area contributed by atoms with Gasteiger partial charge in [-0.15, -0.1) is 0 Å². The molecule has 2 aromatic carbocycles. The van der Waals surface area contributed by atoms with Crippen LogP contribution < -0.4 is 4.74 Å². The number of nitriles is 1. The SMILES string of the molecule is COc1ccccc1CC(=O)N1CCN(S(=O)(=O)c2ccccc2C#N)CC1. The Hall–Kier alpha value is -2.89. The van der Waals surface area contributed by atoms with Crippen LogP contribution in [0.3, 0.4) is 0 Å². The molecule has 1 aliphatic rings. The van der Waals surface area contributed by atoms with E-state index in [0.717, 1.165) is 5.56 Å². The molecule has 1 saturated heterocycles. The third-order valence-corrected chi connectivity index (χ3v) is 6.71. The van der Waals surface area contributed by atoms with Crippen molar-refractivity contribution >= 4 is 15.9 Å². The van der Waals surface area contributed by atoms with Gasteiger partial charge in [-0.05, 0) is 18.2 Å². The number of sulfonamides is 1. The molecule has 0 bridgehead atoms. The van der Waals surface area contributed by atoms with Crippen molar-refractivity contribution in [3.8, 4) is 11.8 Å². The lowest BCUT2D eigenvalue weighted by Gasteiger charge is -2.34. The molecule has 1 fully saturated rings. The first-order valence-corrected chi connectivity index (χ1v) is 10.3. The van der Waals surface area contributed by atoms with Gasteiger partial charge < -0.3 is 9.64 Å². The van der Waals surface area contributed by atoms with Gasteiger partial charge in [-0.3, -0.25) is 4.79 Å². The molecule has 8 heteroatoms. The molecule has 0 N–H and O–H groups in total. The van der Waals surface area contributed by atoms with Crippen molar-refractivity contribution in [2.45, 2.75) is 11.3 Å². The van der Waals surface area contributed by atoms with Gasteiger partial charge in [-0.25, -0.2) is 8.42 Å². The van der Waals surface area contributed by atoms with Gasteiger partial charge in [0.1, 0.15) is 11.8 Å². The summed E-state index contributed by atoms with van der Waals surface area (Å²) in [5.74, 6) is 0.587. The number of amides is 1. The highest BCUT2D eigenvalue weighted by atomic mass is 32.2. The molecule has 0 unspecified atom stereocenters. The molecule has 146 valence electrons. The molecule has 3 rings (SSSR count). The Balaban J connectivity index is 1.67. The summed E-state index contributed by atoms with van der Waals surface area (Å²) in [5.41, 5.74) is 0.921. The molecule has 1 heterocycles. The normalized spacial score (nSPS) is 15.1. The number of para-hydroxylation sites is 1. The lowest BCUT2D eigenvalue weighted by Crippen LogP contribution is -2.51. The summed E-state index contributed by atoms with van der Waals surface area (Å²) in [6.07, 6.45) is 0.202. The van der Waals surface area contributed by atoms with E-state index in [1.165, 1.54) is 16.4 Å². The fourth-order valence-corrected chi connectivity index (χ4v) is 4.79. The van der Waals surface area contributed by atoms with E-state index < -0.39 is 10.0 Å². The Labute approximate surface area is 164 Å². The number of piperazine rings is 1. The van der Waals surface area contributed by atoms with Crippen molar-refractivity contribution in [3.05, 3.63) is 59.7 Å². The topological polar surface area (TPSA) is 90.7 Å². The highest BCUT2D eigenvalue weighted by Crippen LogP contribution is 2.22. The monoisotopic (exact) mass is 399 g/mol. The standard InChI is InChI=1S/C20H21N3O4S/c1-27-18-8-4-2-6-16(18)14-20(24)22-10-12-23(13-11-22)28(25,26)19-9-5-3-7-17(19)15-21/h2-9H,10-14H2,1H3. The largest absolute Gasteiger partial charge is 0.496 e. The summed E-state index contributed by atoms with van der Waals surface area (Å²) in [7, 11) is -2.21. The minimum absolute atomic E-state index is 0.00583. The minimum Gasteiger partial charge on any atom is -0.496 e. The molecule has 0 aliphatic carbocycles. The molecule has 1 aliphatic heterocycles. The molecule has 28 heavy (non-hydrogen) atoms. The van der Waals surface area contributed by atoms with Crippen molar-refractivity contribution in [2.75, 3.05) is 33.3 Å². The van der Waals surface area contributed by atoms with Crippen molar-refractivity contribution in [3.63, 3.8) is 0 Å². The molecule has 0 atom stereocenters. The van der Waals surface area contributed by atoms with Crippen LogP contribution in [0.1, 0.15) is 11.1 Å². The van der Waals surface area contributed by atoms with Crippen LogP contribution in [-0.2, 0) is 21.2 Å². The maximum Gasteiger partial charge on any atom is 0.244 e.